The molecule has 2 aromatic rings. The summed E-state index contributed by atoms with van der Waals surface area (Å²) >= 11 is 6.04. The summed E-state index contributed by atoms with van der Waals surface area (Å²) in [5, 5.41) is 11.6. The summed E-state index contributed by atoms with van der Waals surface area (Å²) in [5.41, 5.74) is 1.30. The molecule has 0 radical (unpaired) electrons. The lowest BCUT2D eigenvalue weighted by Crippen LogP contribution is -2.37. The van der Waals surface area contributed by atoms with E-state index >= 15 is 0 Å². The van der Waals surface area contributed by atoms with Gasteiger partial charge in [-0.2, -0.15) is 0 Å². The van der Waals surface area contributed by atoms with Crippen LogP contribution in [0, 0.1) is 0 Å². The van der Waals surface area contributed by atoms with E-state index < -0.39 is 17.7 Å². The van der Waals surface area contributed by atoms with E-state index in [9.17, 15) is 14.7 Å². The normalized spacial score (nSPS) is 21.7. The third kappa shape index (κ3) is 3.51. The molecule has 150 valence electrons. The molecule has 1 atom stereocenters. The maximum atomic E-state index is 13.0. The third-order valence-electron chi connectivity index (χ3n) is 5.73. The first-order chi connectivity index (χ1) is 14.0. The maximum Gasteiger partial charge on any atom is 0.295 e. The quantitative estimate of drug-likeness (QED) is 0.449. The van der Waals surface area contributed by atoms with Crippen LogP contribution in [0.5, 0.6) is 5.75 Å². The Hall–Kier alpha value is -2.79. The molecule has 2 aliphatic rings. The molecule has 6 heteroatoms. The van der Waals surface area contributed by atoms with Gasteiger partial charge in [0.25, 0.3) is 11.7 Å². The Kier molecular flexibility index (Phi) is 5.33. The van der Waals surface area contributed by atoms with E-state index in [2.05, 4.69) is 0 Å². The predicted molar refractivity (Wildman–Crippen MR) is 111 cm³/mol. The van der Waals surface area contributed by atoms with E-state index in [4.69, 9.17) is 16.3 Å². The summed E-state index contributed by atoms with van der Waals surface area (Å²) in [6.07, 6.45) is 3.76. The second kappa shape index (κ2) is 7.91. The number of methoxy groups -OCH3 is 1. The summed E-state index contributed by atoms with van der Waals surface area (Å²) in [4.78, 5) is 27.7. The number of Topliss-reactive ketones (excluding diaryl/α,β-unsaturated/α-hetero) is 1. The fourth-order valence-electron chi connectivity index (χ4n) is 4.31. The van der Waals surface area contributed by atoms with Crippen LogP contribution >= 0.6 is 11.6 Å². The van der Waals surface area contributed by atoms with Crippen molar-refractivity contribution in [1.29, 1.82) is 0 Å². The number of aliphatic hydroxyl groups excluding tert-OH is 1. The molecule has 1 amide bonds. The molecule has 1 unspecified atom stereocenters. The molecule has 4 rings (SSSR count). The highest BCUT2D eigenvalue weighted by Crippen LogP contribution is 2.43. The molecule has 29 heavy (non-hydrogen) atoms. The van der Waals surface area contributed by atoms with E-state index in [1.807, 2.05) is 0 Å². The highest BCUT2D eigenvalue weighted by molar-refractivity contribution is 6.46. The zero-order valence-electron chi connectivity index (χ0n) is 16.1. The van der Waals surface area contributed by atoms with Gasteiger partial charge in [0.2, 0.25) is 0 Å². The monoisotopic (exact) mass is 411 g/mol. The Morgan fingerprint density at radius 1 is 1.10 bits per heavy atom. The lowest BCUT2D eigenvalue weighted by molar-refractivity contribution is -0.141. The predicted octanol–water partition coefficient (Wildman–Crippen LogP) is 4.71. The number of carbonyl (C=O) groups excluding carboxylic acids is 2. The Labute approximate surface area is 174 Å². The van der Waals surface area contributed by atoms with Crippen LogP contribution in [0.25, 0.3) is 5.76 Å². The maximum absolute atomic E-state index is 13.0. The largest absolute Gasteiger partial charge is 0.507 e. The lowest BCUT2D eigenvalue weighted by atomic mass is 9.94. The Morgan fingerprint density at radius 3 is 2.45 bits per heavy atom. The highest BCUT2D eigenvalue weighted by Gasteiger charge is 2.49. The van der Waals surface area contributed by atoms with Crippen molar-refractivity contribution in [2.24, 2.45) is 0 Å². The van der Waals surface area contributed by atoms with Gasteiger partial charge in [-0.1, -0.05) is 48.7 Å². The molecule has 0 bridgehead atoms. The smallest absolute Gasteiger partial charge is 0.295 e. The van der Waals surface area contributed by atoms with Crippen LogP contribution in [-0.4, -0.2) is 34.8 Å². The molecule has 1 aliphatic carbocycles. The first-order valence-electron chi connectivity index (χ1n) is 9.71. The van der Waals surface area contributed by atoms with E-state index in [1.165, 1.54) is 7.11 Å². The highest BCUT2D eigenvalue weighted by atomic mass is 35.5. The first-order valence-corrected chi connectivity index (χ1v) is 10.1. The number of nitrogens with zero attached hydrogens (tertiary/aromatic N) is 1. The van der Waals surface area contributed by atoms with Crippen LogP contribution in [0.2, 0.25) is 5.02 Å². The number of likely N-dealkylation sites (tertiary alicyclic amines) is 1. The number of rotatable bonds is 4. The standard InChI is InChI=1S/C23H22ClNO4/c1-29-18-8-4-5-15(13-18)21(26)19-20(14-9-11-16(24)12-10-14)25(23(28)22(19)27)17-6-2-3-7-17/h4-5,8-13,17,20,26H,2-3,6-7H2,1H3/b21-19-. The fourth-order valence-corrected chi connectivity index (χ4v) is 4.43. The van der Waals surface area contributed by atoms with Crippen molar-refractivity contribution in [2.45, 2.75) is 37.8 Å². The van der Waals surface area contributed by atoms with E-state index in [0.29, 0.717) is 16.3 Å². The average Bonchev–Trinajstić information content (AvgIpc) is 3.35. The van der Waals surface area contributed by atoms with Gasteiger partial charge in [-0.05, 0) is 42.7 Å². The number of hydrogen-bond donors (Lipinski definition) is 1. The average molecular weight is 412 g/mol. The van der Waals surface area contributed by atoms with Crippen LogP contribution in [-0.2, 0) is 9.59 Å². The number of carbonyl (C=O) groups is 2. The van der Waals surface area contributed by atoms with E-state index in [1.54, 1.807) is 53.4 Å². The van der Waals surface area contributed by atoms with Gasteiger partial charge < -0.3 is 14.7 Å². The zero-order valence-corrected chi connectivity index (χ0v) is 16.9. The molecular formula is C23H22ClNO4. The first kappa shape index (κ1) is 19.5. The van der Waals surface area contributed by atoms with Crippen LogP contribution < -0.4 is 4.74 Å². The fraction of sp³-hybridized carbons (Fsp3) is 0.304. The number of benzene rings is 2. The zero-order chi connectivity index (χ0) is 20.5. The molecule has 2 aromatic carbocycles. The second-order valence-electron chi connectivity index (χ2n) is 7.43. The van der Waals surface area contributed by atoms with Gasteiger partial charge in [-0.3, -0.25) is 9.59 Å². The summed E-state index contributed by atoms with van der Waals surface area (Å²) in [6.45, 7) is 0. The Balaban J connectivity index is 1.88. The van der Waals surface area contributed by atoms with Crippen LogP contribution in [0.4, 0.5) is 0 Å². The van der Waals surface area contributed by atoms with Gasteiger partial charge in [-0.15, -0.1) is 0 Å². The molecule has 1 heterocycles. The molecule has 1 aliphatic heterocycles. The molecule has 1 saturated carbocycles. The van der Waals surface area contributed by atoms with Crippen molar-refractivity contribution in [3.05, 3.63) is 70.3 Å². The van der Waals surface area contributed by atoms with Crippen molar-refractivity contribution in [3.63, 3.8) is 0 Å². The van der Waals surface area contributed by atoms with Gasteiger partial charge in [0.1, 0.15) is 11.5 Å². The van der Waals surface area contributed by atoms with E-state index in [0.717, 1.165) is 31.2 Å². The van der Waals surface area contributed by atoms with Gasteiger partial charge in [0.15, 0.2) is 0 Å². The minimum absolute atomic E-state index is 0.0114. The summed E-state index contributed by atoms with van der Waals surface area (Å²) in [6, 6.07) is 13.3. The molecule has 2 fully saturated rings. The number of ketones is 1. The van der Waals surface area contributed by atoms with Gasteiger partial charge >= 0.3 is 0 Å². The SMILES string of the molecule is COc1cccc(/C(O)=C2/C(=O)C(=O)N(C3CCCC3)C2c2ccc(Cl)cc2)c1. The number of hydrogen-bond acceptors (Lipinski definition) is 4. The Bertz CT molecular complexity index is 977. The van der Waals surface area contributed by atoms with Crippen LogP contribution in [0.15, 0.2) is 54.1 Å². The van der Waals surface area contributed by atoms with Crippen molar-refractivity contribution in [1.82, 2.24) is 4.90 Å². The summed E-state index contributed by atoms with van der Waals surface area (Å²) in [5.74, 6) is -0.844. The Morgan fingerprint density at radius 2 is 1.79 bits per heavy atom. The number of aliphatic hydroxyl groups is 1. The minimum atomic E-state index is -0.655. The number of amides is 1. The van der Waals surface area contributed by atoms with Crippen LogP contribution in [0.3, 0.4) is 0 Å². The third-order valence-corrected chi connectivity index (χ3v) is 5.98. The van der Waals surface area contributed by atoms with Gasteiger partial charge in [-0.25, -0.2) is 0 Å². The molecule has 5 nitrogen and oxygen atoms in total. The number of ether oxygens (including phenoxy) is 1. The second-order valence-corrected chi connectivity index (χ2v) is 7.86. The molecule has 0 aromatic heterocycles. The molecular weight excluding hydrogens is 390 g/mol. The van der Waals surface area contributed by atoms with Crippen molar-refractivity contribution >= 4 is 29.1 Å². The summed E-state index contributed by atoms with van der Waals surface area (Å²) < 4.78 is 5.23. The van der Waals surface area contributed by atoms with Crippen molar-refractivity contribution in [3.8, 4) is 5.75 Å². The van der Waals surface area contributed by atoms with Gasteiger partial charge in [0.05, 0.1) is 18.7 Å². The molecule has 1 N–H and O–H groups in total. The molecule has 0 spiro atoms. The van der Waals surface area contributed by atoms with Gasteiger partial charge in [0, 0.05) is 16.6 Å². The van der Waals surface area contributed by atoms with Crippen molar-refractivity contribution in [2.75, 3.05) is 7.11 Å². The van der Waals surface area contributed by atoms with Crippen LogP contribution in [0.1, 0.15) is 42.9 Å². The summed E-state index contributed by atoms with van der Waals surface area (Å²) in [7, 11) is 1.53. The topological polar surface area (TPSA) is 66.8 Å². The van der Waals surface area contributed by atoms with E-state index in [-0.39, 0.29) is 17.4 Å². The minimum Gasteiger partial charge on any atom is -0.507 e. The number of halogens is 1. The lowest BCUT2D eigenvalue weighted by Gasteiger charge is -2.30. The van der Waals surface area contributed by atoms with Crippen molar-refractivity contribution < 1.29 is 19.4 Å². The molecule has 1 saturated heterocycles.